The Labute approximate surface area is 124 Å². The monoisotopic (exact) mass is 288 g/mol. The van der Waals surface area contributed by atoms with E-state index < -0.39 is 11.9 Å². The van der Waals surface area contributed by atoms with Crippen molar-refractivity contribution in [2.45, 2.75) is 25.8 Å². The smallest absolute Gasteiger partial charge is 0.309 e. The number of fused-ring (bicyclic) bond motifs is 1. The molecular weight excluding hydrogens is 268 g/mol. The van der Waals surface area contributed by atoms with Gasteiger partial charge in [-0.25, -0.2) is 0 Å². The molecule has 1 aromatic rings. The molecule has 1 saturated heterocycles. The van der Waals surface area contributed by atoms with E-state index in [0.29, 0.717) is 6.54 Å². The summed E-state index contributed by atoms with van der Waals surface area (Å²) in [5.74, 6) is -1.59. The van der Waals surface area contributed by atoms with Crippen molar-refractivity contribution < 1.29 is 14.7 Å². The Morgan fingerprint density at radius 1 is 1.43 bits per heavy atom. The number of likely N-dealkylation sites (N-methyl/N-ethyl adjacent to an activating group) is 1. The maximum atomic E-state index is 12.0. The molecule has 0 aromatic heterocycles. The number of carbonyl (C=O) groups is 2. The zero-order chi connectivity index (χ0) is 15.1. The third kappa shape index (κ3) is 2.17. The molecule has 0 spiro atoms. The lowest BCUT2D eigenvalue weighted by Crippen LogP contribution is -2.30. The lowest BCUT2D eigenvalue weighted by molar-refractivity contribution is -0.142. The maximum absolute atomic E-state index is 12.0. The number of benzene rings is 1. The second-order valence-electron chi connectivity index (χ2n) is 5.83. The van der Waals surface area contributed by atoms with E-state index >= 15 is 0 Å². The molecule has 0 radical (unpaired) electrons. The summed E-state index contributed by atoms with van der Waals surface area (Å²) in [5.41, 5.74) is 3.40. The lowest BCUT2D eigenvalue weighted by Gasteiger charge is -2.26. The summed E-state index contributed by atoms with van der Waals surface area (Å²) < 4.78 is 0. The normalized spacial score (nSPS) is 24.6. The maximum Gasteiger partial charge on any atom is 0.309 e. The van der Waals surface area contributed by atoms with E-state index in [-0.39, 0.29) is 18.4 Å². The van der Waals surface area contributed by atoms with Crippen LogP contribution < -0.4 is 4.90 Å². The van der Waals surface area contributed by atoms with Crippen molar-refractivity contribution in [1.82, 2.24) is 4.90 Å². The van der Waals surface area contributed by atoms with Crippen LogP contribution in [-0.4, -0.2) is 42.0 Å². The Kier molecular flexibility index (Phi) is 3.35. The van der Waals surface area contributed by atoms with E-state index in [2.05, 4.69) is 18.0 Å². The molecular formula is C16H20N2O3. The van der Waals surface area contributed by atoms with Gasteiger partial charge in [-0.3, -0.25) is 9.59 Å². The number of amides is 1. The van der Waals surface area contributed by atoms with Gasteiger partial charge in [0.15, 0.2) is 0 Å². The zero-order valence-corrected chi connectivity index (χ0v) is 12.4. The number of likely N-dealkylation sites (tertiary alicyclic amines) is 1. The lowest BCUT2D eigenvalue weighted by atomic mass is 9.92. The topological polar surface area (TPSA) is 60.9 Å². The predicted octanol–water partition coefficient (Wildman–Crippen LogP) is 1.67. The molecule has 2 unspecified atom stereocenters. The highest BCUT2D eigenvalue weighted by atomic mass is 16.4. The third-order valence-electron chi connectivity index (χ3n) is 4.66. The van der Waals surface area contributed by atoms with Crippen LogP contribution in [0.25, 0.3) is 0 Å². The molecule has 0 aliphatic carbocycles. The molecule has 2 atom stereocenters. The van der Waals surface area contributed by atoms with Crippen molar-refractivity contribution in [2.75, 3.05) is 25.0 Å². The minimum Gasteiger partial charge on any atom is -0.481 e. The first kappa shape index (κ1) is 13.9. The van der Waals surface area contributed by atoms with Crippen molar-refractivity contribution in [1.29, 1.82) is 0 Å². The average molecular weight is 288 g/mol. The molecule has 0 saturated carbocycles. The SMILES string of the molecule is CCN1C(=O)CC(C(=O)O)C1c1ccc2c(c1)CCN2C. The van der Waals surface area contributed by atoms with E-state index in [0.717, 1.165) is 18.5 Å². The van der Waals surface area contributed by atoms with Gasteiger partial charge in [-0.1, -0.05) is 12.1 Å². The van der Waals surface area contributed by atoms with E-state index in [1.54, 1.807) is 4.90 Å². The van der Waals surface area contributed by atoms with Gasteiger partial charge in [0.1, 0.15) is 0 Å². The number of hydrogen-bond donors (Lipinski definition) is 1. The molecule has 2 aliphatic rings. The van der Waals surface area contributed by atoms with Gasteiger partial charge in [0.25, 0.3) is 0 Å². The summed E-state index contributed by atoms with van der Waals surface area (Å²) in [5, 5.41) is 9.42. The van der Waals surface area contributed by atoms with Gasteiger partial charge < -0.3 is 14.9 Å². The van der Waals surface area contributed by atoms with Crippen LogP contribution in [0, 0.1) is 5.92 Å². The quantitative estimate of drug-likeness (QED) is 0.919. The van der Waals surface area contributed by atoms with Crippen molar-refractivity contribution in [3.8, 4) is 0 Å². The third-order valence-corrected chi connectivity index (χ3v) is 4.66. The summed E-state index contributed by atoms with van der Waals surface area (Å²) in [6.45, 7) is 3.43. The standard InChI is InChI=1S/C16H20N2O3/c1-3-18-14(19)9-12(16(20)21)15(18)11-4-5-13-10(8-11)6-7-17(13)2/h4-5,8,12,15H,3,6-7,9H2,1-2H3,(H,20,21). The summed E-state index contributed by atoms with van der Waals surface area (Å²) in [7, 11) is 2.06. The molecule has 0 bridgehead atoms. The number of carboxylic acids is 1. The first-order valence-corrected chi connectivity index (χ1v) is 7.39. The van der Waals surface area contributed by atoms with E-state index in [9.17, 15) is 14.7 Å². The van der Waals surface area contributed by atoms with Crippen molar-refractivity contribution in [3.63, 3.8) is 0 Å². The Balaban J connectivity index is 2.00. The molecule has 2 aliphatic heterocycles. The number of rotatable bonds is 3. The largest absolute Gasteiger partial charge is 0.481 e. The number of carbonyl (C=O) groups excluding carboxylic acids is 1. The van der Waals surface area contributed by atoms with Crippen LogP contribution in [0.5, 0.6) is 0 Å². The number of hydrogen-bond acceptors (Lipinski definition) is 3. The molecule has 5 nitrogen and oxygen atoms in total. The van der Waals surface area contributed by atoms with Crippen LogP contribution in [0.2, 0.25) is 0 Å². The fraction of sp³-hybridized carbons (Fsp3) is 0.500. The Bertz CT molecular complexity index is 599. The average Bonchev–Trinajstić information content (AvgIpc) is 2.99. The molecule has 1 aromatic carbocycles. The zero-order valence-electron chi connectivity index (χ0n) is 12.4. The van der Waals surface area contributed by atoms with Crippen molar-refractivity contribution in [3.05, 3.63) is 29.3 Å². The number of nitrogens with zero attached hydrogens (tertiary/aromatic N) is 2. The number of anilines is 1. The minimum absolute atomic E-state index is 0.0625. The molecule has 2 heterocycles. The first-order valence-electron chi connectivity index (χ1n) is 7.39. The molecule has 1 N–H and O–H groups in total. The van der Waals surface area contributed by atoms with E-state index in [1.165, 1.54) is 11.3 Å². The summed E-state index contributed by atoms with van der Waals surface area (Å²) in [6, 6.07) is 5.77. The Morgan fingerprint density at radius 3 is 2.86 bits per heavy atom. The van der Waals surface area contributed by atoms with Gasteiger partial charge in [0.05, 0.1) is 12.0 Å². The van der Waals surface area contributed by atoms with E-state index in [4.69, 9.17) is 0 Å². The van der Waals surface area contributed by atoms with Crippen LogP contribution in [0.4, 0.5) is 5.69 Å². The Hall–Kier alpha value is -2.04. The molecule has 112 valence electrons. The van der Waals surface area contributed by atoms with Gasteiger partial charge in [-0.05, 0) is 30.5 Å². The fourth-order valence-corrected chi connectivity index (χ4v) is 3.57. The number of aliphatic carboxylic acids is 1. The van der Waals surface area contributed by atoms with Gasteiger partial charge in [0.2, 0.25) is 5.91 Å². The van der Waals surface area contributed by atoms with Crippen molar-refractivity contribution >= 4 is 17.6 Å². The van der Waals surface area contributed by atoms with Crippen LogP contribution >= 0.6 is 0 Å². The van der Waals surface area contributed by atoms with Gasteiger partial charge in [-0.15, -0.1) is 0 Å². The van der Waals surface area contributed by atoms with Gasteiger partial charge in [-0.2, -0.15) is 0 Å². The molecule has 1 amide bonds. The highest BCUT2D eigenvalue weighted by molar-refractivity contribution is 5.87. The molecule has 1 fully saturated rings. The highest BCUT2D eigenvalue weighted by Crippen LogP contribution is 2.40. The van der Waals surface area contributed by atoms with Crippen LogP contribution in [0.3, 0.4) is 0 Å². The Morgan fingerprint density at radius 2 is 2.19 bits per heavy atom. The summed E-state index contributed by atoms with van der Waals surface area (Å²) >= 11 is 0. The number of carboxylic acid groups (broad SMARTS) is 1. The second kappa shape index (κ2) is 5.06. The van der Waals surface area contributed by atoms with Crippen LogP contribution in [-0.2, 0) is 16.0 Å². The van der Waals surface area contributed by atoms with E-state index in [1.807, 2.05) is 19.1 Å². The second-order valence-corrected chi connectivity index (χ2v) is 5.83. The minimum atomic E-state index is -0.887. The summed E-state index contributed by atoms with van der Waals surface area (Å²) in [4.78, 5) is 27.4. The molecule has 3 rings (SSSR count). The van der Waals surface area contributed by atoms with Gasteiger partial charge >= 0.3 is 5.97 Å². The first-order chi connectivity index (χ1) is 10.0. The molecule has 21 heavy (non-hydrogen) atoms. The predicted molar refractivity (Wildman–Crippen MR) is 79.3 cm³/mol. The summed E-state index contributed by atoms with van der Waals surface area (Å²) in [6.07, 6.45) is 1.08. The fourth-order valence-electron chi connectivity index (χ4n) is 3.57. The van der Waals surface area contributed by atoms with Gasteiger partial charge in [0, 0.05) is 32.2 Å². The highest BCUT2D eigenvalue weighted by Gasteiger charge is 2.44. The van der Waals surface area contributed by atoms with Crippen molar-refractivity contribution in [2.24, 2.45) is 5.92 Å². The molecule has 5 heteroatoms. The van der Waals surface area contributed by atoms with Crippen LogP contribution in [0.1, 0.15) is 30.5 Å². The van der Waals surface area contributed by atoms with Crippen LogP contribution in [0.15, 0.2) is 18.2 Å².